The summed E-state index contributed by atoms with van der Waals surface area (Å²) in [6, 6.07) is -1.01. The van der Waals surface area contributed by atoms with Crippen LogP contribution in [0.1, 0.15) is 19.8 Å². The lowest BCUT2D eigenvalue weighted by Gasteiger charge is -2.09. The maximum atomic E-state index is 10.3. The maximum absolute atomic E-state index is 10.3. The summed E-state index contributed by atoms with van der Waals surface area (Å²) >= 11 is 0. The SMILES string of the molecule is CC(=O)CCC(N)C(=O)[O-]. The van der Waals surface area contributed by atoms with E-state index in [1.165, 1.54) is 6.92 Å². The number of ketones is 1. The highest BCUT2D eigenvalue weighted by Crippen LogP contribution is 1.93. The normalized spacial score (nSPS) is 12.6. The van der Waals surface area contributed by atoms with Crippen molar-refractivity contribution < 1.29 is 14.7 Å². The quantitative estimate of drug-likeness (QED) is 0.516. The summed E-state index contributed by atoms with van der Waals surface area (Å²) in [6.45, 7) is 1.39. The van der Waals surface area contributed by atoms with Crippen LogP contribution in [-0.4, -0.2) is 17.8 Å². The zero-order chi connectivity index (χ0) is 8.15. The molecule has 10 heavy (non-hydrogen) atoms. The molecule has 0 bridgehead atoms. The minimum absolute atomic E-state index is 0.0586. The highest BCUT2D eigenvalue weighted by molar-refractivity contribution is 5.77. The second-order valence-electron chi connectivity index (χ2n) is 2.17. The first kappa shape index (κ1) is 9.10. The third-order valence-corrected chi connectivity index (χ3v) is 1.11. The van der Waals surface area contributed by atoms with Crippen molar-refractivity contribution in [3.63, 3.8) is 0 Å². The van der Waals surface area contributed by atoms with Crippen LogP contribution in [0.25, 0.3) is 0 Å². The zero-order valence-corrected chi connectivity index (χ0v) is 5.79. The predicted octanol–water partition coefficient (Wildman–Crippen LogP) is -1.57. The van der Waals surface area contributed by atoms with Crippen molar-refractivity contribution in [2.45, 2.75) is 25.8 Å². The lowest BCUT2D eigenvalue weighted by Crippen LogP contribution is -2.41. The van der Waals surface area contributed by atoms with Gasteiger partial charge in [0, 0.05) is 12.5 Å². The van der Waals surface area contributed by atoms with E-state index < -0.39 is 12.0 Å². The average molecular weight is 144 g/mol. The summed E-state index contributed by atoms with van der Waals surface area (Å²) in [6.07, 6.45) is 0.368. The van der Waals surface area contributed by atoms with Gasteiger partial charge >= 0.3 is 0 Å². The van der Waals surface area contributed by atoms with Crippen LogP contribution >= 0.6 is 0 Å². The van der Waals surface area contributed by atoms with Crippen molar-refractivity contribution in [2.24, 2.45) is 5.73 Å². The Morgan fingerprint density at radius 3 is 2.40 bits per heavy atom. The number of carboxylic acid groups (broad SMARTS) is 1. The fourth-order valence-corrected chi connectivity index (χ4v) is 0.477. The first-order valence-corrected chi connectivity index (χ1v) is 3.00. The first-order valence-electron chi connectivity index (χ1n) is 3.00. The molecule has 2 N–H and O–H groups in total. The van der Waals surface area contributed by atoms with Crippen molar-refractivity contribution in [1.29, 1.82) is 0 Å². The van der Waals surface area contributed by atoms with Crippen LogP contribution in [0.15, 0.2) is 0 Å². The number of aliphatic carboxylic acids is 1. The van der Waals surface area contributed by atoms with Gasteiger partial charge in [-0.1, -0.05) is 0 Å². The molecular formula is C6H10NO3-. The summed E-state index contributed by atoms with van der Waals surface area (Å²) < 4.78 is 0. The molecule has 0 saturated heterocycles. The molecule has 0 radical (unpaired) electrons. The summed E-state index contributed by atoms with van der Waals surface area (Å²) in [5, 5.41) is 9.96. The predicted molar refractivity (Wildman–Crippen MR) is 32.9 cm³/mol. The molecule has 0 rings (SSSR count). The number of carboxylic acids is 1. The Morgan fingerprint density at radius 2 is 2.10 bits per heavy atom. The van der Waals surface area contributed by atoms with E-state index in [9.17, 15) is 14.7 Å². The molecule has 0 aliphatic heterocycles. The third kappa shape index (κ3) is 4.03. The van der Waals surface area contributed by atoms with Crippen LogP contribution in [0.2, 0.25) is 0 Å². The number of rotatable bonds is 4. The van der Waals surface area contributed by atoms with Gasteiger partial charge in [0.25, 0.3) is 0 Å². The Kier molecular flexibility index (Phi) is 3.64. The van der Waals surface area contributed by atoms with E-state index in [-0.39, 0.29) is 18.6 Å². The number of nitrogens with two attached hydrogens (primary N) is 1. The number of Topliss-reactive ketones (excluding diaryl/α,β-unsaturated/α-hetero) is 1. The van der Waals surface area contributed by atoms with Crippen LogP contribution in [0, 0.1) is 0 Å². The van der Waals surface area contributed by atoms with Gasteiger partial charge in [0.2, 0.25) is 0 Å². The van der Waals surface area contributed by atoms with Crippen LogP contribution in [0.3, 0.4) is 0 Å². The van der Waals surface area contributed by atoms with Gasteiger partial charge in [-0.3, -0.25) is 0 Å². The largest absolute Gasteiger partial charge is 0.548 e. The highest BCUT2D eigenvalue weighted by Gasteiger charge is 2.03. The zero-order valence-electron chi connectivity index (χ0n) is 5.79. The van der Waals surface area contributed by atoms with Gasteiger partial charge in [-0.25, -0.2) is 0 Å². The van der Waals surface area contributed by atoms with Crippen molar-refractivity contribution in [3.05, 3.63) is 0 Å². The molecule has 4 heteroatoms. The minimum Gasteiger partial charge on any atom is -0.548 e. The number of hydrogen-bond donors (Lipinski definition) is 1. The highest BCUT2D eigenvalue weighted by atomic mass is 16.4. The summed E-state index contributed by atoms with van der Waals surface area (Å²) in [4.78, 5) is 20.3. The van der Waals surface area contributed by atoms with Gasteiger partial charge in [-0.05, 0) is 13.3 Å². The molecule has 4 nitrogen and oxygen atoms in total. The summed E-state index contributed by atoms with van der Waals surface area (Å²) in [7, 11) is 0. The molecule has 1 unspecified atom stereocenters. The van der Waals surface area contributed by atoms with Crippen molar-refractivity contribution >= 4 is 11.8 Å². The molecule has 0 aliphatic rings. The lowest BCUT2D eigenvalue weighted by atomic mass is 10.1. The Labute approximate surface area is 59.0 Å². The van der Waals surface area contributed by atoms with E-state index in [1.807, 2.05) is 0 Å². The van der Waals surface area contributed by atoms with Gasteiger partial charge < -0.3 is 20.4 Å². The molecular weight excluding hydrogens is 134 g/mol. The number of carbonyl (C=O) groups excluding carboxylic acids is 2. The second kappa shape index (κ2) is 4.00. The molecule has 0 aromatic carbocycles. The third-order valence-electron chi connectivity index (χ3n) is 1.11. The molecule has 0 aliphatic carbocycles. The smallest absolute Gasteiger partial charge is 0.129 e. The number of hydrogen-bond acceptors (Lipinski definition) is 4. The molecule has 0 fully saturated rings. The van der Waals surface area contributed by atoms with E-state index in [0.29, 0.717) is 0 Å². The number of carbonyl (C=O) groups is 2. The Bertz CT molecular complexity index is 144. The summed E-state index contributed by atoms with van der Waals surface area (Å²) in [5.41, 5.74) is 5.05. The van der Waals surface area contributed by atoms with Gasteiger partial charge in [0.1, 0.15) is 5.78 Å². The van der Waals surface area contributed by atoms with E-state index in [4.69, 9.17) is 5.73 Å². The molecule has 0 saturated carbocycles. The molecule has 0 aromatic heterocycles. The van der Waals surface area contributed by atoms with Crippen molar-refractivity contribution in [2.75, 3.05) is 0 Å². The van der Waals surface area contributed by atoms with Crippen LogP contribution < -0.4 is 10.8 Å². The Balaban J connectivity index is 3.49. The van der Waals surface area contributed by atoms with Gasteiger partial charge in [-0.2, -0.15) is 0 Å². The van der Waals surface area contributed by atoms with Gasteiger partial charge in [0.05, 0.1) is 5.97 Å². The maximum Gasteiger partial charge on any atom is 0.129 e. The molecule has 0 heterocycles. The fraction of sp³-hybridized carbons (Fsp3) is 0.667. The molecule has 58 valence electrons. The monoisotopic (exact) mass is 144 g/mol. The average Bonchev–Trinajstić information content (AvgIpc) is 1.82. The van der Waals surface area contributed by atoms with E-state index in [1.54, 1.807) is 0 Å². The Morgan fingerprint density at radius 1 is 1.60 bits per heavy atom. The van der Waals surface area contributed by atoms with Crippen LogP contribution in [0.5, 0.6) is 0 Å². The fourth-order valence-electron chi connectivity index (χ4n) is 0.477. The minimum atomic E-state index is -1.30. The standard InChI is InChI=1S/C6H11NO3/c1-4(8)2-3-5(7)6(9)10/h5H,2-3,7H2,1H3,(H,9,10)/p-1. The van der Waals surface area contributed by atoms with Crippen LogP contribution in [-0.2, 0) is 9.59 Å². The van der Waals surface area contributed by atoms with Gasteiger partial charge in [0.15, 0.2) is 0 Å². The Hall–Kier alpha value is -0.900. The molecule has 0 amide bonds. The van der Waals surface area contributed by atoms with Gasteiger partial charge in [-0.15, -0.1) is 0 Å². The topological polar surface area (TPSA) is 83.2 Å². The van der Waals surface area contributed by atoms with Crippen molar-refractivity contribution in [1.82, 2.24) is 0 Å². The van der Waals surface area contributed by atoms with Crippen molar-refractivity contribution in [3.8, 4) is 0 Å². The first-order chi connectivity index (χ1) is 4.54. The van der Waals surface area contributed by atoms with E-state index in [2.05, 4.69) is 0 Å². The molecule has 0 spiro atoms. The second-order valence-corrected chi connectivity index (χ2v) is 2.17. The van der Waals surface area contributed by atoms with Crippen LogP contribution in [0.4, 0.5) is 0 Å². The van der Waals surface area contributed by atoms with E-state index >= 15 is 0 Å². The lowest BCUT2D eigenvalue weighted by molar-refractivity contribution is -0.307. The van der Waals surface area contributed by atoms with E-state index in [0.717, 1.165) is 0 Å². The summed E-state index contributed by atoms with van der Waals surface area (Å²) in [5.74, 6) is -1.36. The molecule has 0 aromatic rings. The molecule has 1 atom stereocenters.